The van der Waals surface area contributed by atoms with Crippen LogP contribution in [0.4, 0.5) is 4.39 Å². The zero-order valence-electron chi connectivity index (χ0n) is 13.8. The van der Waals surface area contributed by atoms with Gasteiger partial charge in [-0.1, -0.05) is 0 Å². The van der Waals surface area contributed by atoms with Crippen LogP contribution in [0, 0.1) is 12.7 Å². The van der Waals surface area contributed by atoms with Crippen molar-refractivity contribution in [2.45, 2.75) is 26.9 Å². The Morgan fingerprint density at radius 3 is 2.92 bits per heavy atom. The molecule has 0 radical (unpaired) electrons. The number of amides is 1. The topological polar surface area (TPSA) is 97.9 Å². The van der Waals surface area contributed by atoms with Gasteiger partial charge in [-0.3, -0.25) is 4.79 Å². The number of nitrogens with one attached hydrogen (secondary N) is 1. The zero-order chi connectivity index (χ0) is 18.0. The summed E-state index contributed by atoms with van der Waals surface area (Å²) in [5.74, 6) is -0.570. The van der Waals surface area contributed by atoms with E-state index in [0.717, 1.165) is 0 Å². The van der Waals surface area contributed by atoms with Gasteiger partial charge in [-0.05, 0) is 37.6 Å². The molecular formula is C16H17FN6O2. The predicted molar refractivity (Wildman–Crippen MR) is 86.8 cm³/mol. The zero-order valence-corrected chi connectivity index (χ0v) is 13.8. The van der Waals surface area contributed by atoms with Crippen molar-refractivity contribution in [3.63, 3.8) is 0 Å². The van der Waals surface area contributed by atoms with Gasteiger partial charge in [0.2, 0.25) is 0 Å². The van der Waals surface area contributed by atoms with Gasteiger partial charge in [-0.15, -0.1) is 10.2 Å². The van der Waals surface area contributed by atoms with Gasteiger partial charge in [0.15, 0.2) is 17.3 Å². The van der Waals surface area contributed by atoms with E-state index in [1.807, 2.05) is 6.92 Å². The number of rotatable bonds is 5. The van der Waals surface area contributed by atoms with E-state index in [9.17, 15) is 14.3 Å². The minimum atomic E-state index is -0.540. The molecule has 2 N–H and O–H groups in total. The van der Waals surface area contributed by atoms with Gasteiger partial charge in [0.05, 0.1) is 18.4 Å². The molecule has 0 aliphatic rings. The van der Waals surface area contributed by atoms with E-state index < -0.39 is 5.91 Å². The van der Waals surface area contributed by atoms with Gasteiger partial charge >= 0.3 is 0 Å². The summed E-state index contributed by atoms with van der Waals surface area (Å²) in [6.45, 7) is 4.50. The first-order valence-electron chi connectivity index (χ1n) is 7.69. The number of aromatic nitrogens is 5. The lowest BCUT2D eigenvalue weighted by Crippen LogP contribution is -2.25. The Hall–Kier alpha value is -3.23. The van der Waals surface area contributed by atoms with Gasteiger partial charge < -0.3 is 15.0 Å². The number of halogens is 1. The molecule has 0 unspecified atom stereocenters. The molecule has 0 bridgehead atoms. The second-order valence-corrected chi connectivity index (χ2v) is 5.45. The fourth-order valence-corrected chi connectivity index (χ4v) is 2.45. The van der Waals surface area contributed by atoms with Gasteiger partial charge in [0.25, 0.3) is 5.91 Å². The molecule has 2 heterocycles. The first-order chi connectivity index (χ1) is 12.0. The van der Waals surface area contributed by atoms with Crippen molar-refractivity contribution in [3.05, 3.63) is 53.6 Å². The number of hydrogen-bond acceptors (Lipinski definition) is 5. The summed E-state index contributed by atoms with van der Waals surface area (Å²) in [5, 5.41) is 24.5. The Morgan fingerprint density at radius 2 is 2.20 bits per heavy atom. The molecular weight excluding hydrogens is 327 g/mol. The SMILES string of the molecule is CCn1cnnc1CNC(=O)c1nn(-c2ccc(F)cc2C)cc1O. The summed E-state index contributed by atoms with van der Waals surface area (Å²) in [6.07, 6.45) is 2.88. The number of aryl methyl sites for hydroxylation is 2. The number of hydrogen-bond donors (Lipinski definition) is 2. The van der Waals surface area contributed by atoms with Crippen LogP contribution in [0.2, 0.25) is 0 Å². The van der Waals surface area contributed by atoms with E-state index in [-0.39, 0.29) is 23.8 Å². The lowest BCUT2D eigenvalue weighted by molar-refractivity contribution is 0.0941. The van der Waals surface area contributed by atoms with Crippen LogP contribution in [0.1, 0.15) is 28.8 Å². The maximum Gasteiger partial charge on any atom is 0.276 e. The van der Waals surface area contributed by atoms with E-state index >= 15 is 0 Å². The third kappa shape index (κ3) is 3.35. The van der Waals surface area contributed by atoms with Gasteiger partial charge in [0, 0.05) is 6.54 Å². The van der Waals surface area contributed by atoms with Crippen LogP contribution in [0.3, 0.4) is 0 Å². The highest BCUT2D eigenvalue weighted by Crippen LogP contribution is 2.21. The van der Waals surface area contributed by atoms with Crippen LogP contribution in [-0.2, 0) is 13.1 Å². The van der Waals surface area contributed by atoms with Crippen LogP contribution in [0.5, 0.6) is 5.75 Å². The summed E-state index contributed by atoms with van der Waals surface area (Å²) in [6, 6.07) is 4.17. The highest BCUT2D eigenvalue weighted by molar-refractivity contribution is 5.94. The Bertz CT molecular complexity index is 917. The average molecular weight is 344 g/mol. The lowest BCUT2D eigenvalue weighted by atomic mass is 10.2. The molecule has 9 heteroatoms. The van der Waals surface area contributed by atoms with Crippen molar-refractivity contribution in [1.82, 2.24) is 29.9 Å². The fourth-order valence-electron chi connectivity index (χ4n) is 2.45. The second-order valence-electron chi connectivity index (χ2n) is 5.45. The van der Waals surface area contributed by atoms with E-state index in [0.29, 0.717) is 23.6 Å². The second kappa shape index (κ2) is 6.71. The smallest absolute Gasteiger partial charge is 0.276 e. The van der Waals surface area contributed by atoms with Crippen LogP contribution in [0.25, 0.3) is 5.69 Å². The van der Waals surface area contributed by atoms with Crippen LogP contribution >= 0.6 is 0 Å². The summed E-state index contributed by atoms with van der Waals surface area (Å²) in [5.41, 5.74) is 1.08. The van der Waals surface area contributed by atoms with Gasteiger partial charge in [0.1, 0.15) is 12.1 Å². The van der Waals surface area contributed by atoms with Crippen LogP contribution in [-0.4, -0.2) is 35.6 Å². The summed E-state index contributed by atoms with van der Waals surface area (Å²) in [7, 11) is 0. The van der Waals surface area contributed by atoms with Crippen LogP contribution in [0.15, 0.2) is 30.7 Å². The highest BCUT2D eigenvalue weighted by Gasteiger charge is 2.18. The normalized spacial score (nSPS) is 10.8. The molecule has 0 aliphatic heterocycles. The molecule has 0 saturated carbocycles. The van der Waals surface area contributed by atoms with Crippen molar-refractivity contribution >= 4 is 5.91 Å². The number of aromatic hydroxyl groups is 1. The maximum atomic E-state index is 13.2. The molecule has 2 aromatic heterocycles. The predicted octanol–water partition coefficient (Wildman–Crippen LogP) is 1.57. The largest absolute Gasteiger partial charge is 0.504 e. The molecule has 0 spiro atoms. The lowest BCUT2D eigenvalue weighted by Gasteiger charge is -2.06. The van der Waals surface area contributed by atoms with Crippen molar-refractivity contribution in [2.75, 3.05) is 0 Å². The van der Waals surface area contributed by atoms with Crippen molar-refractivity contribution in [2.24, 2.45) is 0 Å². The summed E-state index contributed by atoms with van der Waals surface area (Å²) >= 11 is 0. The molecule has 0 aliphatic carbocycles. The van der Waals surface area contributed by atoms with Crippen molar-refractivity contribution < 1.29 is 14.3 Å². The molecule has 1 amide bonds. The molecule has 3 rings (SSSR count). The minimum absolute atomic E-state index is 0.119. The van der Waals surface area contributed by atoms with E-state index in [1.54, 1.807) is 17.8 Å². The van der Waals surface area contributed by atoms with Crippen molar-refractivity contribution in [1.29, 1.82) is 0 Å². The van der Waals surface area contributed by atoms with Crippen LogP contribution < -0.4 is 5.32 Å². The molecule has 130 valence electrons. The third-order valence-corrected chi connectivity index (χ3v) is 3.76. The van der Waals surface area contributed by atoms with Crippen molar-refractivity contribution in [3.8, 4) is 11.4 Å². The quantitative estimate of drug-likeness (QED) is 0.732. The number of carbonyl (C=O) groups is 1. The fraction of sp³-hybridized carbons (Fsp3) is 0.250. The van der Waals surface area contributed by atoms with E-state index in [2.05, 4.69) is 20.6 Å². The first-order valence-corrected chi connectivity index (χ1v) is 7.69. The van der Waals surface area contributed by atoms with E-state index in [4.69, 9.17) is 0 Å². The molecule has 0 atom stereocenters. The molecule has 8 nitrogen and oxygen atoms in total. The highest BCUT2D eigenvalue weighted by atomic mass is 19.1. The Balaban J connectivity index is 1.79. The molecule has 25 heavy (non-hydrogen) atoms. The third-order valence-electron chi connectivity index (χ3n) is 3.76. The number of benzene rings is 1. The number of carbonyl (C=O) groups excluding carboxylic acids is 1. The maximum absolute atomic E-state index is 13.2. The minimum Gasteiger partial charge on any atom is -0.504 e. The molecule has 1 aromatic carbocycles. The summed E-state index contributed by atoms with van der Waals surface area (Å²) in [4.78, 5) is 12.3. The average Bonchev–Trinajstić information content (AvgIpc) is 3.18. The standard InChI is InChI=1S/C16H17FN6O2/c1-3-22-9-19-20-14(22)7-18-16(25)15-13(24)8-23(21-15)12-5-4-11(17)6-10(12)2/h4-6,8-9,24H,3,7H2,1-2H3,(H,18,25). The molecule has 0 fully saturated rings. The summed E-state index contributed by atoms with van der Waals surface area (Å²) < 4.78 is 16.3. The molecule has 3 aromatic rings. The Kier molecular flexibility index (Phi) is 4.46. The monoisotopic (exact) mass is 344 g/mol. The Labute approximate surface area is 142 Å². The Morgan fingerprint density at radius 1 is 1.40 bits per heavy atom. The van der Waals surface area contributed by atoms with Gasteiger partial charge in [-0.2, -0.15) is 5.10 Å². The first kappa shape index (κ1) is 16.6. The van der Waals surface area contributed by atoms with Gasteiger partial charge in [-0.25, -0.2) is 9.07 Å². The number of nitrogens with zero attached hydrogens (tertiary/aromatic N) is 5. The van der Waals surface area contributed by atoms with E-state index in [1.165, 1.54) is 29.1 Å². The molecule has 0 saturated heterocycles.